The summed E-state index contributed by atoms with van der Waals surface area (Å²) in [5.41, 5.74) is 2.20. The van der Waals surface area contributed by atoms with E-state index >= 15 is 0 Å². The summed E-state index contributed by atoms with van der Waals surface area (Å²) in [6.45, 7) is 3.98. The number of aryl methyl sites for hydroxylation is 1. The number of nitrogens with zero attached hydrogens (tertiary/aromatic N) is 1. The van der Waals surface area contributed by atoms with Crippen molar-refractivity contribution in [2.24, 2.45) is 0 Å². The molecule has 0 saturated carbocycles. The van der Waals surface area contributed by atoms with Gasteiger partial charge >= 0.3 is 12.0 Å². The molecule has 6 nitrogen and oxygen atoms in total. The van der Waals surface area contributed by atoms with Crippen molar-refractivity contribution in [1.82, 2.24) is 10.2 Å². The van der Waals surface area contributed by atoms with Gasteiger partial charge in [-0.15, -0.1) is 0 Å². The summed E-state index contributed by atoms with van der Waals surface area (Å²) in [6.07, 6.45) is 0. The fourth-order valence-corrected chi connectivity index (χ4v) is 2.40. The highest BCUT2D eigenvalue weighted by molar-refractivity contribution is 6.03. The molecule has 1 saturated heterocycles. The summed E-state index contributed by atoms with van der Waals surface area (Å²) in [5.74, 6) is -1.09. The van der Waals surface area contributed by atoms with Gasteiger partial charge in [0.15, 0.2) is 0 Å². The molecule has 25 heavy (non-hydrogen) atoms. The van der Waals surface area contributed by atoms with Crippen LogP contribution in [0.4, 0.5) is 4.79 Å². The molecular weight excluding hydrogens is 320 g/mol. The Labute approximate surface area is 146 Å². The summed E-state index contributed by atoms with van der Waals surface area (Å²) >= 11 is 0. The molecule has 1 unspecified atom stereocenters. The van der Waals surface area contributed by atoms with Gasteiger partial charge in [-0.1, -0.05) is 48.5 Å². The van der Waals surface area contributed by atoms with Gasteiger partial charge in [0.05, 0.1) is 5.56 Å². The summed E-state index contributed by atoms with van der Waals surface area (Å²) < 4.78 is 0. The third kappa shape index (κ3) is 4.67. The first-order valence-corrected chi connectivity index (χ1v) is 7.84. The van der Waals surface area contributed by atoms with Gasteiger partial charge in [0.2, 0.25) is 0 Å². The molecule has 130 valence electrons. The lowest BCUT2D eigenvalue weighted by Crippen LogP contribution is -2.32. The van der Waals surface area contributed by atoms with E-state index in [4.69, 9.17) is 5.11 Å². The number of hydrogen-bond donors (Lipinski definition) is 2. The first-order chi connectivity index (χ1) is 11.9. The third-order valence-corrected chi connectivity index (χ3v) is 3.91. The number of carbonyl (C=O) groups is 3. The van der Waals surface area contributed by atoms with Crippen molar-refractivity contribution >= 4 is 17.9 Å². The lowest BCUT2D eigenvalue weighted by molar-refractivity contribution is -0.121. The predicted octanol–water partition coefficient (Wildman–Crippen LogP) is 2.82. The van der Waals surface area contributed by atoms with Gasteiger partial charge in [0.25, 0.3) is 5.91 Å². The van der Waals surface area contributed by atoms with Crippen molar-refractivity contribution in [2.75, 3.05) is 0 Å². The Morgan fingerprint density at radius 3 is 2.16 bits per heavy atom. The van der Waals surface area contributed by atoms with Crippen LogP contribution < -0.4 is 5.32 Å². The first-order valence-electron chi connectivity index (χ1n) is 7.84. The number of hydrogen-bond acceptors (Lipinski definition) is 3. The summed E-state index contributed by atoms with van der Waals surface area (Å²) in [5, 5.41) is 10.9. The van der Waals surface area contributed by atoms with Gasteiger partial charge in [-0.05, 0) is 31.0 Å². The number of rotatable bonds is 3. The van der Waals surface area contributed by atoms with Gasteiger partial charge in [-0.25, -0.2) is 9.59 Å². The minimum absolute atomic E-state index is 0.226. The molecule has 1 aliphatic heterocycles. The molecule has 0 aliphatic carbocycles. The Morgan fingerprint density at radius 2 is 1.68 bits per heavy atom. The molecule has 1 fully saturated rings. The molecule has 0 aromatic heterocycles. The largest absolute Gasteiger partial charge is 0.478 e. The van der Waals surface area contributed by atoms with Crippen molar-refractivity contribution in [3.63, 3.8) is 0 Å². The smallest absolute Gasteiger partial charge is 0.335 e. The maximum absolute atomic E-state index is 11.4. The van der Waals surface area contributed by atoms with Gasteiger partial charge in [-0.3, -0.25) is 10.1 Å². The highest BCUT2D eigenvalue weighted by Gasteiger charge is 2.34. The number of benzene rings is 2. The second-order valence-electron chi connectivity index (χ2n) is 5.70. The van der Waals surface area contributed by atoms with E-state index in [1.165, 1.54) is 4.90 Å². The lowest BCUT2D eigenvalue weighted by Gasteiger charge is -2.18. The van der Waals surface area contributed by atoms with Crippen LogP contribution in [-0.2, 0) is 11.3 Å². The third-order valence-electron chi connectivity index (χ3n) is 3.91. The van der Waals surface area contributed by atoms with Crippen molar-refractivity contribution in [3.8, 4) is 0 Å². The van der Waals surface area contributed by atoms with E-state index in [0.717, 1.165) is 11.1 Å². The molecule has 0 spiro atoms. The fourth-order valence-electron chi connectivity index (χ4n) is 2.40. The molecule has 1 aliphatic rings. The van der Waals surface area contributed by atoms with Crippen molar-refractivity contribution in [3.05, 3.63) is 71.3 Å². The van der Waals surface area contributed by atoms with Gasteiger partial charge < -0.3 is 10.0 Å². The van der Waals surface area contributed by atoms with E-state index in [0.29, 0.717) is 12.1 Å². The topological polar surface area (TPSA) is 86.7 Å². The van der Waals surface area contributed by atoms with Crippen LogP contribution >= 0.6 is 0 Å². The second kappa shape index (κ2) is 8.10. The summed E-state index contributed by atoms with van der Waals surface area (Å²) in [7, 11) is 0. The van der Waals surface area contributed by atoms with Gasteiger partial charge in [-0.2, -0.15) is 0 Å². The maximum Gasteiger partial charge on any atom is 0.335 e. The zero-order valence-corrected chi connectivity index (χ0v) is 14.1. The van der Waals surface area contributed by atoms with E-state index in [9.17, 15) is 14.4 Å². The molecule has 2 N–H and O–H groups in total. The van der Waals surface area contributed by atoms with Crippen molar-refractivity contribution in [2.45, 2.75) is 26.4 Å². The highest BCUT2D eigenvalue weighted by Crippen LogP contribution is 2.12. The molecule has 2 aromatic carbocycles. The number of imide groups is 1. The van der Waals surface area contributed by atoms with Gasteiger partial charge in [0.1, 0.15) is 6.04 Å². The molecule has 2 aromatic rings. The predicted molar refractivity (Wildman–Crippen MR) is 93.1 cm³/mol. The minimum Gasteiger partial charge on any atom is -0.478 e. The van der Waals surface area contributed by atoms with Crippen LogP contribution in [-0.4, -0.2) is 34.0 Å². The number of aromatic carboxylic acids is 1. The SMILES string of the molecule is CC1C(=O)NC(=O)N1Cc1ccccc1.Cc1ccccc1C(=O)O. The molecule has 6 heteroatoms. The Hall–Kier alpha value is -3.15. The Kier molecular flexibility index (Phi) is 5.89. The van der Waals surface area contributed by atoms with Crippen LogP contribution in [0.1, 0.15) is 28.4 Å². The molecule has 0 radical (unpaired) electrons. The Bertz CT molecular complexity index is 774. The van der Waals surface area contributed by atoms with Crippen LogP contribution in [0.25, 0.3) is 0 Å². The van der Waals surface area contributed by atoms with Crippen molar-refractivity contribution in [1.29, 1.82) is 0 Å². The number of carboxylic acid groups (broad SMARTS) is 1. The van der Waals surface area contributed by atoms with Crippen LogP contribution in [0.5, 0.6) is 0 Å². The fraction of sp³-hybridized carbons (Fsp3) is 0.211. The number of amides is 3. The number of carbonyl (C=O) groups excluding carboxylic acids is 2. The molecule has 1 atom stereocenters. The van der Waals surface area contributed by atoms with E-state index in [1.807, 2.05) is 36.4 Å². The van der Waals surface area contributed by atoms with Gasteiger partial charge in [0, 0.05) is 6.54 Å². The second-order valence-corrected chi connectivity index (χ2v) is 5.70. The zero-order chi connectivity index (χ0) is 18.4. The molecule has 0 bridgehead atoms. The standard InChI is InChI=1S/C11H12N2O2.C8H8O2/c1-8-10(14)12-11(15)13(8)7-9-5-3-2-4-6-9;1-6-4-2-3-5-7(6)8(9)10/h2-6,8H,7H2,1H3,(H,12,14,15);2-5H,1H3,(H,9,10). The van der Waals surface area contributed by atoms with Crippen LogP contribution in [0, 0.1) is 6.92 Å². The quantitative estimate of drug-likeness (QED) is 0.841. The first kappa shape index (κ1) is 18.2. The van der Waals surface area contributed by atoms with E-state index < -0.39 is 5.97 Å². The van der Waals surface area contributed by atoms with Crippen molar-refractivity contribution < 1.29 is 19.5 Å². The van der Waals surface area contributed by atoms with Crippen LogP contribution in [0.15, 0.2) is 54.6 Å². The Morgan fingerprint density at radius 1 is 1.08 bits per heavy atom. The summed E-state index contributed by atoms with van der Waals surface area (Å²) in [6, 6.07) is 15.8. The monoisotopic (exact) mass is 340 g/mol. The molecule has 3 amide bonds. The normalized spacial score (nSPS) is 16.1. The maximum atomic E-state index is 11.4. The molecule has 3 rings (SSSR count). The average Bonchev–Trinajstić information content (AvgIpc) is 2.83. The van der Waals surface area contributed by atoms with Crippen LogP contribution in [0.3, 0.4) is 0 Å². The average molecular weight is 340 g/mol. The number of urea groups is 1. The Balaban J connectivity index is 0.000000196. The van der Waals surface area contributed by atoms with E-state index in [-0.39, 0.29) is 18.0 Å². The zero-order valence-electron chi connectivity index (χ0n) is 14.1. The number of carboxylic acids is 1. The minimum atomic E-state index is -0.863. The highest BCUT2D eigenvalue weighted by atomic mass is 16.4. The van der Waals surface area contributed by atoms with E-state index in [1.54, 1.807) is 32.0 Å². The van der Waals surface area contributed by atoms with Crippen LogP contribution in [0.2, 0.25) is 0 Å². The molecule has 1 heterocycles. The lowest BCUT2D eigenvalue weighted by atomic mass is 10.1. The summed E-state index contributed by atoms with van der Waals surface area (Å²) in [4.78, 5) is 34.6. The number of nitrogens with one attached hydrogen (secondary N) is 1. The van der Waals surface area contributed by atoms with E-state index in [2.05, 4.69) is 5.32 Å². The molecular formula is C19H20N2O4.